The Balaban J connectivity index is 2.17. The molecule has 6 nitrogen and oxygen atoms in total. The Hall–Kier alpha value is -2.58. The van der Waals surface area contributed by atoms with Gasteiger partial charge in [0.2, 0.25) is 17.4 Å². The Morgan fingerprint density at radius 2 is 2.15 bits per heavy atom. The third-order valence-electron chi connectivity index (χ3n) is 3.38. The zero-order chi connectivity index (χ0) is 20.2. The van der Waals surface area contributed by atoms with E-state index in [9.17, 15) is 17.6 Å². The molecule has 27 heavy (non-hydrogen) atoms. The van der Waals surface area contributed by atoms with Crippen molar-refractivity contribution in [3.8, 4) is 0 Å². The van der Waals surface area contributed by atoms with Crippen LogP contribution in [0.15, 0.2) is 66.3 Å². The number of carbonyl (C=O) groups excluding carboxylic acids is 1. The number of ether oxygens (including phenoxy) is 1. The summed E-state index contributed by atoms with van der Waals surface area (Å²) in [4.78, 5) is 12.5. The molecule has 0 fully saturated rings. The molecule has 2 rings (SSSR count). The van der Waals surface area contributed by atoms with Crippen LogP contribution in [0.5, 0.6) is 0 Å². The lowest BCUT2D eigenvalue weighted by Gasteiger charge is -2.11. The highest BCUT2D eigenvalue weighted by Crippen LogP contribution is 2.36. The first-order chi connectivity index (χ1) is 12.6. The molecule has 1 atom stereocenters. The molecule has 0 bridgehead atoms. The Kier molecular flexibility index (Phi) is 6.45. The quantitative estimate of drug-likeness (QED) is 0.544. The van der Waals surface area contributed by atoms with E-state index >= 15 is 0 Å². The first-order valence-electron chi connectivity index (χ1n) is 7.69. The first kappa shape index (κ1) is 20.7. The summed E-state index contributed by atoms with van der Waals surface area (Å²) in [5.41, 5.74) is 5.84. The van der Waals surface area contributed by atoms with Gasteiger partial charge < -0.3 is 14.7 Å². The number of rotatable bonds is 7. The predicted octanol–water partition coefficient (Wildman–Crippen LogP) is 3.28. The minimum atomic E-state index is -4.21. The van der Waals surface area contributed by atoms with Crippen LogP contribution in [0.1, 0.15) is 18.6 Å². The van der Waals surface area contributed by atoms with Crippen LogP contribution in [0, 0.1) is 5.82 Å². The van der Waals surface area contributed by atoms with E-state index in [-0.39, 0.29) is 16.2 Å². The second kappa shape index (κ2) is 8.41. The molecule has 0 saturated heterocycles. The highest BCUT2D eigenvalue weighted by atomic mass is 35.5. The molecule has 2 N–H and O–H groups in total. The molecular formula is C18H17ClFNO5S. The van der Waals surface area contributed by atoms with Crippen molar-refractivity contribution in [1.82, 2.24) is 0 Å². The molecule has 1 heterocycles. The summed E-state index contributed by atoms with van der Waals surface area (Å²) >= 11 is 5.96. The molecule has 1 aliphatic heterocycles. The van der Waals surface area contributed by atoms with Gasteiger partial charge in [-0.1, -0.05) is 42.5 Å². The normalized spacial score (nSPS) is 17.7. The van der Waals surface area contributed by atoms with Crippen LogP contribution in [0.25, 0.3) is 0 Å². The summed E-state index contributed by atoms with van der Waals surface area (Å²) in [6.07, 6.45) is 5.15. The third-order valence-corrected chi connectivity index (χ3v) is 4.87. The highest BCUT2D eigenvalue weighted by Gasteiger charge is 2.40. The van der Waals surface area contributed by atoms with E-state index in [1.807, 2.05) is 0 Å². The maximum absolute atomic E-state index is 13.4. The minimum absolute atomic E-state index is 0.0133. The van der Waals surface area contributed by atoms with Crippen molar-refractivity contribution in [2.45, 2.75) is 13.0 Å². The summed E-state index contributed by atoms with van der Waals surface area (Å²) in [7, 11) is -4.21. The van der Waals surface area contributed by atoms with Gasteiger partial charge in [0, 0.05) is 10.6 Å². The van der Waals surface area contributed by atoms with Crippen molar-refractivity contribution < 1.29 is 26.5 Å². The van der Waals surface area contributed by atoms with Gasteiger partial charge in [-0.15, -0.1) is 0 Å². The molecular weight excluding hydrogens is 397 g/mol. The number of Topliss-reactive ketones (excluding diaryl/α,β-unsaturated/α-hetero) is 1. The number of benzene rings is 1. The van der Waals surface area contributed by atoms with Gasteiger partial charge in [-0.3, -0.25) is 4.79 Å². The Morgan fingerprint density at radius 1 is 1.44 bits per heavy atom. The largest absolute Gasteiger partial charge is 0.460 e. The summed E-state index contributed by atoms with van der Waals surface area (Å²) in [6, 6.07) is 3.36. The Morgan fingerprint density at radius 3 is 2.81 bits per heavy atom. The molecule has 0 aliphatic carbocycles. The monoisotopic (exact) mass is 413 g/mol. The molecule has 0 spiro atoms. The van der Waals surface area contributed by atoms with Crippen molar-refractivity contribution in [1.29, 1.82) is 0 Å². The molecule has 0 amide bonds. The van der Waals surface area contributed by atoms with Crippen LogP contribution >= 0.6 is 11.6 Å². The summed E-state index contributed by atoms with van der Waals surface area (Å²) in [5, 5.41) is 0.0640. The topological polar surface area (TPSA) is 95.7 Å². The maximum Gasteiger partial charge on any atom is 0.313 e. The van der Waals surface area contributed by atoms with Crippen LogP contribution in [-0.2, 0) is 23.8 Å². The molecule has 1 unspecified atom stereocenters. The number of hydrogen-bond acceptors (Lipinski definition) is 6. The molecule has 0 aromatic heterocycles. The predicted molar refractivity (Wildman–Crippen MR) is 99.4 cm³/mol. The summed E-state index contributed by atoms with van der Waals surface area (Å²) < 4.78 is 47.8. The fourth-order valence-electron chi connectivity index (χ4n) is 2.21. The zero-order valence-electron chi connectivity index (χ0n) is 14.3. The minimum Gasteiger partial charge on any atom is -0.460 e. The molecule has 1 aromatic carbocycles. The first-order valence-corrected chi connectivity index (χ1v) is 9.65. The van der Waals surface area contributed by atoms with Crippen LogP contribution in [-0.4, -0.2) is 20.0 Å². The fourth-order valence-corrected chi connectivity index (χ4v) is 3.46. The average Bonchev–Trinajstić information content (AvgIpc) is 2.84. The Bertz CT molecular complexity index is 966. The van der Waals surface area contributed by atoms with E-state index in [1.54, 1.807) is 25.2 Å². The van der Waals surface area contributed by atoms with E-state index in [0.717, 1.165) is 12.1 Å². The number of ketones is 1. The SMILES string of the molecule is C=C(/C=C\C=C/C)CS(=O)(=O)OC1=C(N)OC(c2cc(F)ccc2Cl)C1=O. The van der Waals surface area contributed by atoms with E-state index in [2.05, 4.69) is 6.58 Å². The third kappa shape index (κ3) is 5.21. The van der Waals surface area contributed by atoms with Crippen LogP contribution in [0.3, 0.4) is 0 Å². The molecule has 0 radical (unpaired) electrons. The van der Waals surface area contributed by atoms with E-state index in [1.165, 1.54) is 12.1 Å². The van der Waals surface area contributed by atoms with Crippen molar-refractivity contribution in [3.05, 3.63) is 82.7 Å². The van der Waals surface area contributed by atoms with Crippen molar-refractivity contribution in [3.63, 3.8) is 0 Å². The van der Waals surface area contributed by atoms with Crippen molar-refractivity contribution in [2.24, 2.45) is 5.73 Å². The van der Waals surface area contributed by atoms with Crippen LogP contribution in [0.2, 0.25) is 5.02 Å². The number of nitrogens with two attached hydrogens (primary N) is 1. The van der Waals surface area contributed by atoms with Gasteiger partial charge >= 0.3 is 10.1 Å². The van der Waals surface area contributed by atoms with Gasteiger partial charge in [0.25, 0.3) is 0 Å². The lowest BCUT2D eigenvalue weighted by atomic mass is 10.1. The summed E-state index contributed by atoms with van der Waals surface area (Å²) in [5.74, 6) is -3.28. The van der Waals surface area contributed by atoms with E-state index in [0.29, 0.717) is 0 Å². The van der Waals surface area contributed by atoms with Crippen LogP contribution in [0.4, 0.5) is 4.39 Å². The smallest absolute Gasteiger partial charge is 0.313 e. The molecule has 0 saturated carbocycles. The lowest BCUT2D eigenvalue weighted by Crippen LogP contribution is -2.17. The second-order valence-corrected chi connectivity index (χ2v) is 7.53. The standard InChI is InChI=1S/C18H17ClFNO5S/c1-3-4-5-6-11(2)10-27(23,24)26-17-15(22)16(25-18(17)21)13-9-12(20)7-8-14(13)19/h3-9,16H,2,10,21H2,1H3/b4-3-,6-5-. The van der Waals surface area contributed by atoms with Gasteiger partial charge in [-0.2, -0.15) is 8.42 Å². The van der Waals surface area contributed by atoms with Gasteiger partial charge in [0.15, 0.2) is 6.10 Å². The number of carbonyl (C=O) groups is 1. The highest BCUT2D eigenvalue weighted by molar-refractivity contribution is 7.87. The summed E-state index contributed by atoms with van der Waals surface area (Å²) in [6.45, 7) is 5.41. The van der Waals surface area contributed by atoms with Gasteiger partial charge in [-0.25, -0.2) is 4.39 Å². The number of hydrogen-bond donors (Lipinski definition) is 1. The molecule has 1 aromatic rings. The van der Waals surface area contributed by atoms with Crippen LogP contribution < -0.4 is 5.73 Å². The van der Waals surface area contributed by atoms with Gasteiger partial charge in [0.05, 0.1) is 0 Å². The van der Waals surface area contributed by atoms with E-state index < -0.39 is 45.2 Å². The fraction of sp³-hybridized carbons (Fsp3) is 0.167. The number of halogens is 2. The van der Waals surface area contributed by atoms with Crippen molar-refractivity contribution >= 4 is 27.5 Å². The zero-order valence-corrected chi connectivity index (χ0v) is 15.9. The molecule has 9 heteroatoms. The van der Waals surface area contributed by atoms with Gasteiger partial charge in [0.1, 0.15) is 11.6 Å². The number of allylic oxidation sites excluding steroid dienone is 4. The lowest BCUT2D eigenvalue weighted by molar-refractivity contribution is -0.123. The van der Waals surface area contributed by atoms with E-state index in [4.69, 9.17) is 26.3 Å². The van der Waals surface area contributed by atoms with Gasteiger partial charge in [-0.05, 0) is 30.7 Å². The maximum atomic E-state index is 13.4. The van der Waals surface area contributed by atoms with Crippen molar-refractivity contribution in [2.75, 3.05) is 5.75 Å². The average molecular weight is 414 g/mol. The Labute approximate surface area is 161 Å². The second-order valence-electron chi connectivity index (χ2n) is 5.55. The molecule has 1 aliphatic rings. The molecule has 144 valence electrons.